The van der Waals surface area contributed by atoms with E-state index >= 15 is 0 Å². The molecule has 2 rings (SSSR count). The molecule has 2 fully saturated rings. The van der Waals surface area contributed by atoms with Crippen LogP contribution in [-0.2, 0) is 9.59 Å². The van der Waals surface area contributed by atoms with Crippen LogP contribution in [0, 0.1) is 17.8 Å². The lowest BCUT2D eigenvalue weighted by Gasteiger charge is -2.43. The fraction of sp³-hybridized carbons (Fsp3) is 0.833. The molecule has 4 heteroatoms. The van der Waals surface area contributed by atoms with Crippen molar-refractivity contribution in [1.29, 1.82) is 0 Å². The average Bonchev–Trinajstić information content (AvgIpc) is 2.26. The zero-order valence-corrected chi connectivity index (χ0v) is 9.69. The smallest absolute Gasteiger partial charge is 0.306 e. The molecule has 2 aliphatic rings. The summed E-state index contributed by atoms with van der Waals surface area (Å²) in [4.78, 5) is 24.5. The molecule has 90 valence electrons. The Labute approximate surface area is 95.6 Å². The molecular formula is C12H19NO3. The van der Waals surface area contributed by atoms with Crippen LogP contribution in [0.4, 0.5) is 0 Å². The Hall–Kier alpha value is -1.06. The van der Waals surface area contributed by atoms with Gasteiger partial charge in [0.2, 0.25) is 5.91 Å². The molecule has 2 unspecified atom stereocenters. The minimum Gasteiger partial charge on any atom is -0.481 e. The van der Waals surface area contributed by atoms with E-state index in [1.165, 1.54) is 0 Å². The van der Waals surface area contributed by atoms with Crippen LogP contribution in [0.5, 0.6) is 0 Å². The molecule has 1 amide bonds. The van der Waals surface area contributed by atoms with Gasteiger partial charge in [0.25, 0.3) is 0 Å². The van der Waals surface area contributed by atoms with E-state index in [9.17, 15) is 9.59 Å². The topological polar surface area (TPSA) is 57.6 Å². The molecule has 1 N–H and O–H groups in total. The molecule has 2 atom stereocenters. The second kappa shape index (κ2) is 4.44. The molecule has 1 aliphatic carbocycles. The van der Waals surface area contributed by atoms with Crippen molar-refractivity contribution in [3.8, 4) is 0 Å². The highest BCUT2D eigenvalue weighted by Gasteiger charge is 2.38. The van der Waals surface area contributed by atoms with Gasteiger partial charge in [-0.25, -0.2) is 0 Å². The molecule has 1 heterocycles. The van der Waals surface area contributed by atoms with Crippen molar-refractivity contribution in [3.63, 3.8) is 0 Å². The number of carbonyl (C=O) groups excluding carboxylic acids is 1. The number of hydrogen-bond donors (Lipinski definition) is 1. The van der Waals surface area contributed by atoms with E-state index in [2.05, 4.69) is 0 Å². The van der Waals surface area contributed by atoms with Gasteiger partial charge in [0.15, 0.2) is 0 Å². The first-order valence-corrected chi connectivity index (χ1v) is 6.10. The summed E-state index contributed by atoms with van der Waals surface area (Å²) in [7, 11) is 0. The van der Waals surface area contributed by atoms with Crippen molar-refractivity contribution in [2.24, 2.45) is 17.8 Å². The average molecular weight is 225 g/mol. The van der Waals surface area contributed by atoms with Crippen molar-refractivity contribution in [2.45, 2.75) is 32.6 Å². The number of carboxylic acid groups (broad SMARTS) is 1. The lowest BCUT2D eigenvalue weighted by atomic mass is 9.72. The van der Waals surface area contributed by atoms with Crippen LogP contribution in [0.1, 0.15) is 32.6 Å². The van der Waals surface area contributed by atoms with E-state index < -0.39 is 5.97 Å². The first kappa shape index (κ1) is 11.4. The molecule has 0 aromatic rings. The third-order valence-corrected chi connectivity index (χ3v) is 3.86. The highest BCUT2D eigenvalue weighted by molar-refractivity contribution is 5.76. The van der Waals surface area contributed by atoms with Crippen molar-refractivity contribution in [1.82, 2.24) is 4.90 Å². The molecule has 1 aliphatic heterocycles. The second-order valence-corrected chi connectivity index (χ2v) is 5.13. The van der Waals surface area contributed by atoms with Gasteiger partial charge in [-0.05, 0) is 31.1 Å². The third-order valence-electron chi connectivity index (χ3n) is 3.86. The summed E-state index contributed by atoms with van der Waals surface area (Å²) < 4.78 is 0. The number of likely N-dealkylation sites (tertiary alicyclic amines) is 1. The predicted octanol–water partition coefficient (Wildman–Crippen LogP) is 1.36. The Morgan fingerprint density at radius 3 is 2.19 bits per heavy atom. The van der Waals surface area contributed by atoms with Gasteiger partial charge >= 0.3 is 5.97 Å². The minimum absolute atomic E-state index is 0.178. The third kappa shape index (κ3) is 2.20. The summed E-state index contributed by atoms with van der Waals surface area (Å²) >= 11 is 0. The standard InChI is InChI=1S/C12H19NO3/c1-2-11(14)13-6-8-3-9(7-13)5-10(4-8)12(15)16/h8-10H,2-7H2,1H3,(H,15,16). The van der Waals surface area contributed by atoms with Gasteiger partial charge in [0.1, 0.15) is 0 Å². The monoisotopic (exact) mass is 225 g/mol. The zero-order valence-electron chi connectivity index (χ0n) is 9.69. The van der Waals surface area contributed by atoms with Gasteiger partial charge in [-0.1, -0.05) is 6.92 Å². The summed E-state index contributed by atoms with van der Waals surface area (Å²) in [5, 5.41) is 9.03. The molecule has 16 heavy (non-hydrogen) atoms. The van der Waals surface area contributed by atoms with Crippen LogP contribution in [0.15, 0.2) is 0 Å². The van der Waals surface area contributed by atoms with Crippen LogP contribution in [0.3, 0.4) is 0 Å². The summed E-state index contributed by atoms with van der Waals surface area (Å²) in [6.07, 6.45) is 3.16. The van der Waals surface area contributed by atoms with Crippen LogP contribution in [-0.4, -0.2) is 35.0 Å². The summed E-state index contributed by atoms with van der Waals surface area (Å²) in [5.74, 6) is 0.185. The number of carbonyl (C=O) groups is 2. The largest absolute Gasteiger partial charge is 0.481 e. The zero-order chi connectivity index (χ0) is 11.7. The van der Waals surface area contributed by atoms with Crippen molar-refractivity contribution in [3.05, 3.63) is 0 Å². The Balaban J connectivity index is 2.00. The first-order valence-electron chi connectivity index (χ1n) is 6.10. The van der Waals surface area contributed by atoms with Gasteiger partial charge in [-0.15, -0.1) is 0 Å². The van der Waals surface area contributed by atoms with Gasteiger partial charge in [0, 0.05) is 19.5 Å². The van der Waals surface area contributed by atoms with E-state index in [1.54, 1.807) is 0 Å². The fourth-order valence-corrected chi connectivity index (χ4v) is 3.19. The van der Waals surface area contributed by atoms with Gasteiger partial charge in [-0.3, -0.25) is 9.59 Å². The number of nitrogens with zero attached hydrogens (tertiary/aromatic N) is 1. The molecule has 4 nitrogen and oxygen atoms in total. The molecule has 0 spiro atoms. The van der Waals surface area contributed by atoms with E-state index in [0.29, 0.717) is 18.3 Å². The summed E-state index contributed by atoms with van der Waals surface area (Å²) in [5.41, 5.74) is 0. The van der Waals surface area contributed by atoms with E-state index in [0.717, 1.165) is 32.4 Å². The summed E-state index contributed by atoms with van der Waals surface area (Å²) in [6.45, 7) is 3.42. The number of piperidine rings is 1. The van der Waals surface area contributed by atoms with E-state index in [-0.39, 0.29) is 11.8 Å². The number of amides is 1. The molecular weight excluding hydrogens is 206 g/mol. The number of carboxylic acids is 1. The van der Waals surface area contributed by atoms with Crippen LogP contribution >= 0.6 is 0 Å². The quantitative estimate of drug-likeness (QED) is 0.772. The van der Waals surface area contributed by atoms with Gasteiger partial charge in [-0.2, -0.15) is 0 Å². The minimum atomic E-state index is -0.662. The normalized spacial score (nSPS) is 33.6. The fourth-order valence-electron chi connectivity index (χ4n) is 3.19. The summed E-state index contributed by atoms with van der Waals surface area (Å²) in [6, 6.07) is 0. The Kier molecular flexibility index (Phi) is 3.17. The highest BCUT2D eigenvalue weighted by atomic mass is 16.4. The van der Waals surface area contributed by atoms with Crippen LogP contribution < -0.4 is 0 Å². The van der Waals surface area contributed by atoms with Crippen molar-refractivity contribution < 1.29 is 14.7 Å². The van der Waals surface area contributed by atoms with E-state index in [4.69, 9.17) is 5.11 Å². The van der Waals surface area contributed by atoms with E-state index in [1.807, 2.05) is 11.8 Å². The van der Waals surface area contributed by atoms with Gasteiger partial charge in [0.05, 0.1) is 5.92 Å². The molecule has 2 bridgehead atoms. The molecule has 1 saturated heterocycles. The predicted molar refractivity (Wildman–Crippen MR) is 58.8 cm³/mol. The Bertz CT molecular complexity index is 289. The maximum Gasteiger partial charge on any atom is 0.306 e. The number of rotatable bonds is 2. The maximum atomic E-state index is 11.6. The van der Waals surface area contributed by atoms with Crippen LogP contribution in [0.2, 0.25) is 0 Å². The molecule has 0 aromatic carbocycles. The second-order valence-electron chi connectivity index (χ2n) is 5.13. The Morgan fingerprint density at radius 2 is 1.75 bits per heavy atom. The lowest BCUT2D eigenvalue weighted by Crippen LogP contribution is -2.48. The first-order chi connectivity index (χ1) is 7.60. The molecule has 0 radical (unpaired) electrons. The van der Waals surface area contributed by atoms with Crippen LogP contribution in [0.25, 0.3) is 0 Å². The lowest BCUT2D eigenvalue weighted by molar-refractivity contribution is -0.146. The van der Waals surface area contributed by atoms with Gasteiger partial charge < -0.3 is 10.0 Å². The number of fused-ring (bicyclic) bond motifs is 2. The highest BCUT2D eigenvalue weighted by Crippen LogP contribution is 2.38. The molecule has 0 aromatic heterocycles. The SMILES string of the molecule is CCC(=O)N1CC2CC(CC(C(=O)O)C2)C1. The van der Waals surface area contributed by atoms with Crippen molar-refractivity contribution >= 4 is 11.9 Å². The molecule has 1 saturated carbocycles. The number of aliphatic carboxylic acids is 1. The Morgan fingerprint density at radius 1 is 1.19 bits per heavy atom. The van der Waals surface area contributed by atoms with Crippen molar-refractivity contribution in [2.75, 3.05) is 13.1 Å². The maximum absolute atomic E-state index is 11.6. The number of hydrogen-bond acceptors (Lipinski definition) is 2.